The summed E-state index contributed by atoms with van der Waals surface area (Å²) in [4.78, 5) is 0. The van der Waals surface area contributed by atoms with Gasteiger partial charge < -0.3 is 0 Å². The quantitative estimate of drug-likeness (QED) is 0.522. The predicted molar refractivity (Wildman–Crippen MR) is 45.9 cm³/mol. The molecular weight excluding hydrogens is 120 g/mol. The zero-order valence-electron chi connectivity index (χ0n) is 7.14. The fourth-order valence-corrected chi connectivity index (χ4v) is 1.33. The minimum atomic E-state index is 0.826. The van der Waals surface area contributed by atoms with E-state index in [1.165, 1.54) is 25.7 Å². The highest BCUT2D eigenvalue weighted by Gasteiger charge is 2.22. The van der Waals surface area contributed by atoms with Gasteiger partial charge in [0.1, 0.15) is 0 Å². The molecule has 10 heavy (non-hydrogen) atoms. The standard InChI is InChI=1S/C10H18/c1-3-4-5-9(2)8-10-6-7-10/h4-5,9-10H,3,6-8H2,1-2H3. The second kappa shape index (κ2) is 3.80. The number of hydrogen-bond donors (Lipinski definition) is 0. The first-order valence-electron chi connectivity index (χ1n) is 4.49. The minimum Gasteiger partial charge on any atom is -0.0885 e. The van der Waals surface area contributed by atoms with Gasteiger partial charge in [-0.3, -0.25) is 0 Å². The highest BCUT2D eigenvalue weighted by atomic mass is 14.3. The van der Waals surface area contributed by atoms with Crippen molar-refractivity contribution >= 4 is 0 Å². The van der Waals surface area contributed by atoms with Gasteiger partial charge in [-0.2, -0.15) is 0 Å². The Hall–Kier alpha value is -0.260. The third-order valence-corrected chi connectivity index (χ3v) is 2.10. The Morgan fingerprint density at radius 1 is 1.50 bits per heavy atom. The summed E-state index contributed by atoms with van der Waals surface area (Å²) in [6.07, 6.45) is 10.2. The maximum absolute atomic E-state index is 2.36. The summed E-state index contributed by atoms with van der Waals surface area (Å²) in [6.45, 7) is 4.52. The van der Waals surface area contributed by atoms with Crippen LogP contribution in [0.25, 0.3) is 0 Å². The normalized spacial score (nSPS) is 21.8. The number of allylic oxidation sites excluding steroid dienone is 2. The lowest BCUT2D eigenvalue weighted by molar-refractivity contribution is 0.590. The van der Waals surface area contributed by atoms with E-state index >= 15 is 0 Å². The second-order valence-corrected chi connectivity index (χ2v) is 3.49. The lowest BCUT2D eigenvalue weighted by Gasteiger charge is -2.02. The van der Waals surface area contributed by atoms with Crippen molar-refractivity contribution in [3.05, 3.63) is 12.2 Å². The Morgan fingerprint density at radius 2 is 2.20 bits per heavy atom. The average molecular weight is 138 g/mol. The molecule has 1 unspecified atom stereocenters. The molecule has 1 fully saturated rings. The fraction of sp³-hybridized carbons (Fsp3) is 0.800. The molecule has 0 aromatic heterocycles. The molecule has 58 valence electrons. The van der Waals surface area contributed by atoms with Crippen molar-refractivity contribution in [2.45, 2.75) is 39.5 Å². The highest BCUT2D eigenvalue weighted by Crippen LogP contribution is 2.35. The van der Waals surface area contributed by atoms with Crippen LogP contribution in [0.2, 0.25) is 0 Å². The maximum Gasteiger partial charge on any atom is -0.0259 e. The van der Waals surface area contributed by atoms with E-state index in [2.05, 4.69) is 26.0 Å². The molecule has 1 atom stereocenters. The number of rotatable bonds is 4. The van der Waals surface area contributed by atoms with Gasteiger partial charge in [0.25, 0.3) is 0 Å². The molecular formula is C10H18. The van der Waals surface area contributed by atoms with E-state index in [9.17, 15) is 0 Å². The van der Waals surface area contributed by atoms with Crippen molar-refractivity contribution in [3.8, 4) is 0 Å². The van der Waals surface area contributed by atoms with Gasteiger partial charge in [-0.05, 0) is 24.7 Å². The van der Waals surface area contributed by atoms with Crippen molar-refractivity contribution in [2.75, 3.05) is 0 Å². The zero-order chi connectivity index (χ0) is 7.40. The molecule has 0 bridgehead atoms. The second-order valence-electron chi connectivity index (χ2n) is 3.49. The summed E-state index contributed by atoms with van der Waals surface area (Å²) in [5.41, 5.74) is 0. The first-order valence-corrected chi connectivity index (χ1v) is 4.49. The minimum absolute atomic E-state index is 0.826. The molecule has 0 spiro atoms. The molecule has 1 saturated carbocycles. The molecule has 0 aromatic carbocycles. The molecule has 0 aliphatic heterocycles. The lowest BCUT2D eigenvalue weighted by atomic mass is 10.0. The van der Waals surface area contributed by atoms with Crippen molar-refractivity contribution in [1.29, 1.82) is 0 Å². The van der Waals surface area contributed by atoms with Crippen LogP contribution in [0.5, 0.6) is 0 Å². The molecule has 0 heterocycles. The molecule has 0 heteroatoms. The Morgan fingerprint density at radius 3 is 2.70 bits per heavy atom. The summed E-state index contributed by atoms with van der Waals surface area (Å²) in [6, 6.07) is 0. The van der Waals surface area contributed by atoms with Gasteiger partial charge in [0, 0.05) is 0 Å². The van der Waals surface area contributed by atoms with Gasteiger partial charge >= 0.3 is 0 Å². The Kier molecular flexibility index (Phi) is 2.98. The van der Waals surface area contributed by atoms with Gasteiger partial charge in [0.15, 0.2) is 0 Å². The Balaban J connectivity index is 2.07. The van der Waals surface area contributed by atoms with E-state index in [4.69, 9.17) is 0 Å². The molecule has 1 rings (SSSR count). The Labute approximate surface area is 64.3 Å². The summed E-state index contributed by atoms with van der Waals surface area (Å²) in [5, 5.41) is 0. The number of hydrogen-bond acceptors (Lipinski definition) is 0. The van der Waals surface area contributed by atoms with Crippen LogP contribution in [-0.4, -0.2) is 0 Å². The average Bonchev–Trinajstić information content (AvgIpc) is 2.67. The first kappa shape index (κ1) is 7.84. The fourth-order valence-electron chi connectivity index (χ4n) is 1.33. The van der Waals surface area contributed by atoms with E-state index in [0.29, 0.717) is 0 Å². The van der Waals surface area contributed by atoms with Gasteiger partial charge in [0.2, 0.25) is 0 Å². The van der Waals surface area contributed by atoms with Crippen molar-refractivity contribution in [1.82, 2.24) is 0 Å². The van der Waals surface area contributed by atoms with Crippen LogP contribution in [0.3, 0.4) is 0 Å². The first-order chi connectivity index (χ1) is 4.83. The molecule has 0 aromatic rings. The van der Waals surface area contributed by atoms with Crippen LogP contribution < -0.4 is 0 Å². The van der Waals surface area contributed by atoms with E-state index in [-0.39, 0.29) is 0 Å². The smallest absolute Gasteiger partial charge is 0.0259 e. The molecule has 0 nitrogen and oxygen atoms in total. The van der Waals surface area contributed by atoms with Crippen LogP contribution in [0.1, 0.15) is 39.5 Å². The monoisotopic (exact) mass is 138 g/mol. The van der Waals surface area contributed by atoms with Crippen molar-refractivity contribution in [2.24, 2.45) is 11.8 Å². The van der Waals surface area contributed by atoms with Gasteiger partial charge in [-0.1, -0.05) is 38.8 Å². The lowest BCUT2D eigenvalue weighted by Crippen LogP contribution is -1.89. The van der Waals surface area contributed by atoms with Crippen LogP contribution in [0.15, 0.2) is 12.2 Å². The molecule has 0 saturated heterocycles. The molecule has 1 aliphatic rings. The molecule has 1 aliphatic carbocycles. The van der Waals surface area contributed by atoms with Gasteiger partial charge in [-0.25, -0.2) is 0 Å². The third-order valence-electron chi connectivity index (χ3n) is 2.10. The van der Waals surface area contributed by atoms with Gasteiger partial charge in [0.05, 0.1) is 0 Å². The van der Waals surface area contributed by atoms with E-state index in [0.717, 1.165) is 11.8 Å². The highest BCUT2D eigenvalue weighted by molar-refractivity contribution is 4.88. The molecule has 0 amide bonds. The van der Waals surface area contributed by atoms with Crippen LogP contribution in [-0.2, 0) is 0 Å². The van der Waals surface area contributed by atoms with E-state index in [1.54, 1.807) is 0 Å². The predicted octanol–water partition coefficient (Wildman–Crippen LogP) is 3.39. The molecule has 0 radical (unpaired) electrons. The van der Waals surface area contributed by atoms with Gasteiger partial charge in [-0.15, -0.1) is 0 Å². The van der Waals surface area contributed by atoms with Crippen molar-refractivity contribution in [3.63, 3.8) is 0 Å². The summed E-state index contributed by atoms with van der Waals surface area (Å²) in [7, 11) is 0. The molecule has 0 N–H and O–H groups in total. The summed E-state index contributed by atoms with van der Waals surface area (Å²) >= 11 is 0. The topological polar surface area (TPSA) is 0 Å². The summed E-state index contributed by atoms with van der Waals surface area (Å²) in [5.74, 6) is 1.91. The third kappa shape index (κ3) is 3.05. The SMILES string of the molecule is CCC=CC(C)CC1CC1. The largest absolute Gasteiger partial charge is 0.0885 e. The van der Waals surface area contributed by atoms with Crippen LogP contribution in [0, 0.1) is 11.8 Å². The van der Waals surface area contributed by atoms with E-state index in [1.807, 2.05) is 0 Å². The van der Waals surface area contributed by atoms with Crippen LogP contribution >= 0.6 is 0 Å². The van der Waals surface area contributed by atoms with E-state index < -0.39 is 0 Å². The van der Waals surface area contributed by atoms with Crippen molar-refractivity contribution < 1.29 is 0 Å². The summed E-state index contributed by atoms with van der Waals surface area (Å²) < 4.78 is 0. The Bertz CT molecular complexity index is 109. The van der Waals surface area contributed by atoms with Crippen LogP contribution in [0.4, 0.5) is 0 Å². The zero-order valence-corrected chi connectivity index (χ0v) is 7.14. The maximum atomic E-state index is 2.36.